The largest absolute Gasteiger partial charge is 0.477 e. The van der Waals surface area contributed by atoms with Gasteiger partial charge in [0.2, 0.25) is 5.90 Å². The highest BCUT2D eigenvalue weighted by atomic mass is 32.2. The number of ether oxygens (including phenoxy) is 1. The van der Waals surface area contributed by atoms with E-state index in [2.05, 4.69) is 4.99 Å². The van der Waals surface area contributed by atoms with Crippen molar-refractivity contribution in [2.24, 2.45) is 16.8 Å². The Bertz CT molecular complexity index is 373. The van der Waals surface area contributed by atoms with Gasteiger partial charge in [-0.05, 0) is 43.9 Å². The third-order valence-corrected chi connectivity index (χ3v) is 4.90. The lowest BCUT2D eigenvalue weighted by Gasteiger charge is -2.28. The van der Waals surface area contributed by atoms with Crippen LogP contribution in [0.3, 0.4) is 0 Å². The summed E-state index contributed by atoms with van der Waals surface area (Å²) in [6.07, 6.45) is 3.46. The monoisotopic (exact) mass is 307 g/mol. The minimum atomic E-state index is -4.03. The van der Waals surface area contributed by atoms with Gasteiger partial charge in [0.1, 0.15) is 6.61 Å². The Hall–Kier alpha value is -0.650. The maximum Gasteiger partial charge on any atom is 0.391 e. The molecule has 2 rings (SSSR count). The molecule has 0 bridgehead atoms. The second kappa shape index (κ2) is 6.87. The summed E-state index contributed by atoms with van der Waals surface area (Å²) in [5.41, 5.74) is 0. The first-order chi connectivity index (χ1) is 9.49. The third-order valence-electron chi connectivity index (χ3n) is 3.95. The van der Waals surface area contributed by atoms with Crippen LogP contribution in [0, 0.1) is 11.8 Å². The van der Waals surface area contributed by atoms with E-state index in [1.165, 1.54) is 0 Å². The van der Waals surface area contributed by atoms with E-state index in [9.17, 15) is 13.2 Å². The normalized spacial score (nSPS) is 32.0. The fourth-order valence-corrected chi connectivity index (χ4v) is 3.00. The molecule has 0 amide bonds. The molecule has 1 atom stereocenters. The second-order valence-corrected chi connectivity index (χ2v) is 6.50. The van der Waals surface area contributed by atoms with E-state index in [4.69, 9.17) is 4.74 Å². The van der Waals surface area contributed by atoms with Gasteiger partial charge in [0.15, 0.2) is 0 Å². The Morgan fingerprint density at radius 2 is 1.95 bits per heavy atom. The molecule has 0 saturated heterocycles. The van der Waals surface area contributed by atoms with Gasteiger partial charge >= 0.3 is 6.18 Å². The van der Waals surface area contributed by atoms with E-state index in [-0.39, 0.29) is 18.8 Å². The van der Waals surface area contributed by atoms with Crippen molar-refractivity contribution in [3.8, 4) is 0 Å². The van der Waals surface area contributed by atoms with Crippen LogP contribution in [0.4, 0.5) is 13.2 Å². The van der Waals surface area contributed by atoms with Gasteiger partial charge in [-0.15, -0.1) is 0 Å². The molecular formula is C14H20F3NOS. The highest BCUT2D eigenvalue weighted by Gasteiger charge is 2.40. The van der Waals surface area contributed by atoms with Crippen molar-refractivity contribution < 1.29 is 17.9 Å². The first-order valence-electron chi connectivity index (χ1n) is 6.94. The molecule has 0 aromatic heterocycles. The Labute approximate surface area is 121 Å². The molecule has 0 aromatic carbocycles. The van der Waals surface area contributed by atoms with Crippen LogP contribution >= 0.6 is 11.8 Å². The Kier molecular flexibility index (Phi) is 5.41. The molecule has 2 aliphatic rings. The Balaban J connectivity index is 1.78. The lowest BCUT2D eigenvalue weighted by molar-refractivity contribution is -0.183. The Morgan fingerprint density at radius 1 is 1.25 bits per heavy atom. The standard InChI is InChI=1S/C14H20F3NOS/c1-20-12-8-18-13(19-9-12)7-4-10-2-5-11(6-3-10)14(15,16)17/h4,7,10-12H,2-3,5-6,8-9H2,1H3/b7-4+. The lowest BCUT2D eigenvalue weighted by Crippen LogP contribution is -2.27. The molecule has 6 heteroatoms. The van der Waals surface area contributed by atoms with Crippen LogP contribution in [-0.4, -0.2) is 36.7 Å². The summed E-state index contributed by atoms with van der Waals surface area (Å²) in [7, 11) is 0. The second-order valence-electron chi connectivity index (χ2n) is 5.36. The number of aliphatic imine (C=N–C) groups is 1. The van der Waals surface area contributed by atoms with Crippen LogP contribution in [0.2, 0.25) is 0 Å². The minimum Gasteiger partial charge on any atom is -0.477 e. The van der Waals surface area contributed by atoms with Gasteiger partial charge in [-0.3, -0.25) is 4.99 Å². The number of nitrogens with zero attached hydrogens (tertiary/aromatic N) is 1. The fourth-order valence-electron chi connectivity index (χ4n) is 2.57. The molecule has 0 radical (unpaired) electrons. The highest BCUT2D eigenvalue weighted by molar-refractivity contribution is 7.99. The van der Waals surface area contributed by atoms with Crippen molar-refractivity contribution in [2.45, 2.75) is 37.1 Å². The average molecular weight is 307 g/mol. The lowest BCUT2D eigenvalue weighted by atomic mass is 9.81. The quantitative estimate of drug-likeness (QED) is 0.784. The van der Waals surface area contributed by atoms with Crippen LogP contribution in [0.25, 0.3) is 0 Å². The van der Waals surface area contributed by atoms with Crippen molar-refractivity contribution in [2.75, 3.05) is 19.4 Å². The molecule has 114 valence electrons. The van der Waals surface area contributed by atoms with Crippen molar-refractivity contribution in [1.29, 1.82) is 0 Å². The zero-order chi connectivity index (χ0) is 14.6. The first kappa shape index (κ1) is 15.7. The SMILES string of the molecule is CSC1CN=C(/C=C/C2CCC(C(F)(F)F)CC2)OC1. The summed E-state index contributed by atoms with van der Waals surface area (Å²) in [6, 6.07) is 0. The molecule has 1 aliphatic carbocycles. The smallest absolute Gasteiger partial charge is 0.391 e. The Morgan fingerprint density at radius 3 is 2.45 bits per heavy atom. The maximum absolute atomic E-state index is 12.6. The number of allylic oxidation sites excluding steroid dienone is 1. The van der Waals surface area contributed by atoms with Crippen LogP contribution in [-0.2, 0) is 4.74 Å². The van der Waals surface area contributed by atoms with Gasteiger partial charge in [-0.1, -0.05) is 6.08 Å². The maximum atomic E-state index is 12.6. The molecule has 1 aliphatic heterocycles. The molecule has 2 nitrogen and oxygen atoms in total. The van der Waals surface area contributed by atoms with E-state index in [1.807, 2.05) is 18.4 Å². The zero-order valence-corrected chi connectivity index (χ0v) is 12.3. The highest BCUT2D eigenvalue weighted by Crippen LogP contribution is 2.39. The average Bonchev–Trinajstić information content (AvgIpc) is 2.45. The molecule has 20 heavy (non-hydrogen) atoms. The molecule has 0 N–H and O–H groups in total. The van der Waals surface area contributed by atoms with Gasteiger partial charge in [0.25, 0.3) is 0 Å². The summed E-state index contributed by atoms with van der Waals surface area (Å²) in [5, 5.41) is 0.411. The molecule has 0 spiro atoms. The van der Waals surface area contributed by atoms with Crippen molar-refractivity contribution >= 4 is 17.7 Å². The van der Waals surface area contributed by atoms with Crippen LogP contribution in [0.5, 0.6) is 0 Å². The third kappa shape index (κ3) is 4.43. The molecule has 1 fully saturated rings. The zero-order valence-electron chi connectivity index (χ0n) is 11.5. The van der Waals surface area contributed by atoms with Crippen LogP contribution < -0.4 is 0 Å². The fraction of sp³-hybridized carbons (Fsp3) is 0.786. The number of halogens is 3. The van der Waals surface area contributed by atoms with Gasteiger partial charge < -0.3 is 4.74 Å². The topological polar surface area (TPSA) is 21.6 Å². The van der Waals surface area contributed by atoms with Crippen molar-refractivity contribution in [3.05, 3.63) is 12.2 Å². The number of alkyl halides is 3. The number of hydrogen-bond acceptors (Lipinski definition) is 3. The van der Waals surface area contributed by atoms with Gasteiger partial charge in [-0.25, -0.2) is 0 Å². The summed E-state index contributed by atoms with van der Waals surface area (Å²) in [4.78, 5) is 4.33. The summed E-state index contributed by atoms with van der Waals surface area (Å²) in [5.74, 6) is -0.274. The summed E-state index contributed by atoms with van der Waals surface area (Å²) < 4.78 is 43.2. The first-order valence-corrected chi connectivity index (χ1v) is 8.22. The van der Waals surface area contributed by atoms with E-state index in [0.29, 0.717) is 30.6 Å². The van der Waals surface area contributed by atoms with Gasteiger partial charge in [0.05, 0.1) is 17.7 Å². The van der Waals surface area contributed by atoms with Gasteiger partial charge in [-0.2, -0.15) is 24.9 Å². The van der Waals surface area contributed by atoms with E-state index < -0.39 is 12.1 Å². The van der Waals surface area contributed by atoms with Crippen molar-refractivity contribution in [3.63, 3.8) is 0 Å². The molecular weight excluding hydrogens is 287 g/mol. The number of thioether (sulfide) groups is 1. The molecule has 1 unspecified atom stereocenters. The van der Waals surface area contributed by atoms with Crippen LogP contribution in [0.1, 0.15) is 25.7 Å². The van der Waals surface area contributed by atoms with E-state index >= 15 is 0 Å². The van der Waals surface area contributed by atoms with E-state index in [1.54, 1.807) is 11.8 Å². The predicted molar refractivity (Wildman–Crippen MR) is 76.2 cm³/mol. The number of hydrogen-bond donors (Lipinski definition) is 0. The van der Waals surface area contributed by atoms with Crippen LogP contribution in [0.15, 0.2) is 17.1 Å². The van der Waals surface area contributed by atoms with E-state index in [0.717, 1.165) is 6.54 Å². The molecule has 1 heterocycles. The summed E-state index contributed by atoms with van der Waals surface area (Å²) in [6.45, 7) is 1.41. The van der Waals surface area contributed by atoms with Gasteiger partial charge in [0, 0.05) is 0 Å². The molecule has 1 saturated carbocycles. The predicted octanol–water partition coefficient (Wildman–Crippen LogP) is 4.07. The summed E-state index contributed by atoms with van der Waals surface area (Å²) >= 11 is 1.73. The molecule has 0 aromatic rings. The number of rotatable bonds is 3. The van der Waals surface area contributed by atoms with Crippen molar-refractivity contribution in [1.82, 2.24) is 0 Å². The minimum absolute atomic E-state index is 0.221.